The Morgan fingerprint density at radius 2 is 0.703 bits per heavy atom. The number of hydrogen-bond acceptors (Lipinski definition) is 1. The van der Waals surface area contributed by atoms with Gasteiger partial charge in [-0.3, -0.25) is 0 Å². The van der Waals surface area contributed by atoms with E-state index in [-0.39, 0.29) is 0 Å². The van der Waals surface area contributed by atoms with Gasteiger partial charge >= 0.3 is 0 Å². The van der Waals surface area contributed by atoms with Gasteiger partial charge in [0.2, 0.25) is 0 Å². The van der Waals surface area contributed by atoms with E-state index in [1.807, 2.05) is 0 Å². The fourth-order valence-electron chi connectivity index (χ4n) is 19.5. The van der Waals surface area contributed by atoms with E-state index >= 15 is 0 Å². The van der Waals surface area contributed by atoms with Crippen molar-refractivity contribution in [3.05, 3.63) is 273 Å². The molecule has 0 bridgehead atoms. The number of nitrogens with zero attached hydrogens (tertiary/aromatic N) is 3. The molecule has 4 aliphatic rings. The Balaban J connectivity index is 1.12. The van der Waals surface area contributed by atoms with Crippen LogP contribution in [0.2, 0.25) is 35.3 Å². The van der Waals surface area contributed by atoms with Gasteiger partial charge in [-0.1, -0.05) is 256 Å². The number of aromatic nitrogens is 1. The number of fused-ring (bicyclic) bond motifs is 26. The smallest absolute Gasteiger partial charge is 0.189 e. The van der Waals surface area contributed by atoms with Gasteiger partial charge in [-0.05, 0) is 181 Å². The van der Waals surface area contributed by atoms with Crippen LogP contribution in [0.15, 0.2) is 200 Å². The van der Waals surface area contributed by atoms with E-state index in [2.05, 4.69) is 298 Å². The SMILES string of the molecule is [C-]#[N+]c1cc2c(c(C)c1[Si](C)(C(C)C)C(C)C)c1c(-c3cccc4c3-c3ccccc3C43c4ccccc4-c4ccccc43)cc(-c3cccc4c3-c3ccccc3C43c4ccccc4-c4ccccc43)c3c4c(C)c([Si](C)(C(C)C)C(C)C)c(C#N)cc4n2c31. The maximum atomic E-state index is 11.8. The van der Waals surface area contributed by atoms with Gasteiger partial charge < -0.3 is 4.40 Å². The molecule has 91 heavy (non-hydrogen) atoms. The molecule has 0 atom stereocenters. The average Bonchev–Trinajstić information content (AvgIpc) is 1.51. The molecule has 0 amide bonds. The van der Waals surface area contributed by atoms with E-state index in [0.717, 1.165) is 27.8 Å². The molecule has 0 unspecified atom stereocenters. The van der Waals surface area contributed by atoms with E-state index in [4.69, 9.17) is 0 Å². The highest BCUT2D eigenvalue weighted by Crippen LogP contribution is 2.67. The zero-order valence-electron chi connectivity index (χ0n) is 54.2. The highest BCUT2D eigenvalue weighted by molar-refractivity contribution is 6.95. The lowest BCUT2D eigenvalue weighted by atomic mass is 9.70. The summed E-state index contributed by atoms with van der Waals surface area (Å²) in [5.41, 5.74) is 33.1. The van der Waals surface area contributed by atoms with E-state index in [9.17, 15) is 11.8 Å². The standard InChI is InChI=1S/C86H73N3Si2/c1-48(2)90(12,49(3)4)83-52(9)76-74(44-54(83)47-87)89-75-46-73(88-11)84(91(13,50(5)6)51(7)8)53(10)77(75)81-64(60-35-27-43-72-79(60)62-33-19-25-41-70(62)86(72)67-38-22-16-30-57(67)58-31-17-23-39-68(58)86)45-63(80(76)82(81)89)59-34-26-42-71-78(59)61-32-18-24-40-69(61)85(71)65-36-20-14-28-55(65)56-29-15-21-37-66(56)85/h14-46,48-51H,1-10,12-13H3. The van der Waals surface area contributed by atoms with Gasteiger partial charge in [0.25, 0.3) is 0 Å². The first-order valence-corrected chi connectivity index (χ1v) is 38.4. The molecule has 0 aliphatic heterocycles. The molecule has 2 spiro atoms. The predicted octanol–water partition coefficient (Wildman–Crippen LogP) is 22.1. The Labute approximate surface area is 537 Å². The summed E-state index contributed by atoms with van der Waals surface area (Å²) >= 11 is 0. The van der Waals surface area contributed by atoms with Crippen molar-refractivity contribution in [2.45, 2.75) is 115 Å². The summed E-state index contributed by atoms with van der Waals surface area (Å²) in [7, 11) is -4.83. The Kier molecular flexibility index (Phi) is 11.7. The van der Waals surface area contributed by atoms with Crippen LogP contribution >= 0.6 is 0 Å². The van der Waals surface area contributed by atoms with Crippen LogP contribution in [0.4, 0.5) is 5.69 Å². The molecule has 11 aromatic carbocycles. The summed E-state index contributed by atoms with van der Waals surface area (Å²) in [6, 6.07) is 79.8. The summed E-state index contributed by atoms with van der Waals surface area (Å²) in [6.07, 6.45) is 0. The number of hydrogen-bond donors (Lipinski definition) is 0. The molecule has 17 rings (SSSR count). The maximum absolute atomic E-state index is 11.8. The lowest BCUT2D eigenvalue weighted by Crippen LogP contribution is -2.52. The molecule has 4 aliphatic carbocycles. The Morgan fingerprint density at radius 3 is 1.08 bits per heavy atom. The number of rotatable bonds is 8. The molecular weight excluding hydrogens is 1130 g/mol. The lowest BCUT2D eigenvalue weighted by Gasteiger charge is -2.39. The molecule has 2 heterocycles. The molecule has 440 valence electrons. The number of benzene rings is 11. The average molecular weight is 1200 g/mol. The van der Waals surface area contributed by atoms with Crippen LogP contribution in [-0.2, 0) is 10.8 Å². The van der Waals surface area contributed by atoms with E-state index < -0.39 is 27.0 Å². The van der Waals surface area contributed by atoms with Crippen molar-refractivity contribution < 1.29 is 0 Å². The van der Waals surface area contributed by atoms with Crippen molar-refractivity contribution in [3.8, 4) is 72.8 Å². The molecule has 0 fully saturated rings. The lowest BCUT2D eigenvalue weighted by molar-refractivity contribution is 0.794. The largest absolute Gasteiger partial charge is 0.309 e. The summed E-state index contributed by atoms with van der Waals surface area (Å²) in [5.74, 6) is 0. The summed E-state index contributed by atoms with van der Waals surface area (Å²) < 4.78 is 2.56. The summed E-state index contributed by atoms with van der Waals surface area (Å²) in [4.78, 5) is 4.62. The minimum atomic E-state index is -2.42. The van der Waals surface area contributed by atoms with Gasteiger partial charge in [0.1, 0.15) is 0 Å². The van der Waals surface area contributed by atoms with E-state index in [0.29, 0.717) is 22.2 Å². The van der Waals surface area contributed by atoms with Gasteiger partial charge in [0.05, 0.1) is 56.2 Å². The number of nitriles is 1. The van der Waals surface area contributed by atoms with Gasteiger partial charge in [-0.2, -0.15) is 5.26 Å². The highest BCUT2D eigenvalue weighted by Gasteiger charge is 2.55. The third kappa shape index (κ3) is 6.52. The topological polar surface area (TPSA) is 32.6 Å². The van der Waals surface area contributed by atoms with Crippen molar-refractivity contribution in [2.24, 2.45) is 0 Å². The molecule has 5 heteroatoms. The molecule has 13 aromatic rings. The molecule has 0 saturated heterocycles. The van der Waals surface area contributed by atoms with Crippen LogP contribution in [0, 0.1) is 31.8 Å². The van der Waals surface area contributed by atoms with Crippen LogP contribution in [0.5, 0.6) is 0 Å². The van der Waals surface area contributed by atoms with Gasteiger partial charge in [-0.25, -0.2) is 4.85 Å². The van der Waals surface area contributed by atoms with E-state index in [1.165, 1.54) is 154 Å². The molecule has 2 aromatic heterocycles. The second-order valence-corrected chi connectivity index (χ2v) is 39.4. The second-order valence-electron chi connectivity index (χ2n) is 28.7. The minimum Gasteiger partial charge on any atom is -0.309 e. The first kappa shape index (κ1) is 55.7. The molecule has 0 saturated carbocycles. The van der Waals surface area contributed by atoms with Crippen LogP contribution in [0.3, 0.4) is 0 Å². The van der Waals surface area contributed by atoms with Crippen molar-refractivity contribution in [3.63, 3.8) is 0 Å². The van der Waals surface area contributed by atoms with Crippen LogP contribution in [0.25, 0.3) is 110 Å². The quantitative estimate of drug-likeness (QED) is 0.110. The van der Waals surface area contributed by atoms with Gasteiger partial charge in [0, 0.05) is 27.1 Å². The van der Waals surface area contributed by atoms with Gasteiger partial charge in [0.15, 0.2) is 5.69 Å². The maximum Gasteiger partial charge on any atom is 0.189 e. The Morgan fingerprint density at radius 1 is 0.385 bits per heavy atom. The van der Waals surface area contributed by atoms with Crippen molar-refractivity contribution >= 4 is 70.3 Å². The van der Waals surface area contributed by atoms with Gasteiger partial charge in [-0.15, -0.1) is 0 Å². The normalized spacial score (nSPS) is 14.5. The molecule has 0 N–H and O–H groups in total. The summed E-state index contributed by atoms with van der Waals surface area (Å²) in [5, 5.41) is 19.2. The zero-order chi connectivity index (χ0) is 62.7. The monoisotopic (exact) mass is 1200 g/mol. The first-order chi connectivity index (χ1) is 44.0. The third-order valence-corrected chi connectivity index (χ3v) is 37.4. The van der Waals surface area contributed by atoms with Crippen LogP contribution < -0.4 is 10.4 Å². The fourth-order valence-corrected chi connectivity index (χ4v) is 27.8. The second kappa shape index (κ2) is 19.1. The fraction of sp³-hybridized carbons (Fsp3) is 0.209. The van der Waals surface area contributed by atoms with Crippen molar-refractivity contribution in [1.29, 1.82) is 5.26 Å². The van der Waals surface area contributed by atoms with Crippen LogP contribution in [0.1, 0.15) is 117 Å². The third-order valence-electron chi connectivity index (χ3n) is 24.3. The highest BCUT2D eigenvalue weighted by atomic mass is 28.3. The van der Waals surface area contributed by atoms with Crippen molar-refractivity contribution in [2.75, 3.05) is 0 Å². The molecule has 0 radical (unpaired) electrons. The minimum absolute atomic E-state index is 0.370. The Hall–Kier alpha value is -9.37. The van der Waals surface area contributed by atoms with Crippen molar-refractivity contribution in [1.82, 2.24) is 4.40 Å². The molecule has 3 nitrogen and oxygen atoms in total. The van der Waals surface area contributed by atoms with E-state index in [1.54, 1.807) is 0 Å². The summed E-state index contributed by atoms with van der Waals surface area (Å²) in [6.45, 7) is 38.3. The molecular formula is C86H73N3Si2. The Bertz CT molecular complexity index is 5040. The number of aryl methyl sites for hydroxylation is 2. The zero-order valence-corrected chi connectivity index (χ0v) is 56.2. The predicted molar refractivity (Wildman–Crippen MR) is 388 cm³/mol. The first-order valence-electron chi connectivity index (χ1n) is 33.0. The van der Waals surface area contributed by atoms with Crippen LogP contribution in [-0.4, -0.2) is 20.5 Å².